The summed E-state index contributed by atoms with van der Waals surface area (Å²) in [7, 11) is 1.23. The Morgan fingerprint density at radius 2 is 1.89 bits per heavy atom. The smallest absolute Gasteiger partial charge is 0.326 e. The molecule has 2 aromatic rings. The maximum atomic E-state index is 13.2. The van der Waals surface area contributed by atoms with Crippen LogP contribution in [0.25, 0.3) is 0 Å². The fraction of sp³-hybridized carbons (Fsp3) is 0.286. The lowest BCUT2D eigenvalue weighted by Crippen LogP contribution is -2.42. The first-order valence-corrected chi connectivity index (χ1v) is 9.45. The number of rotatable bonds is 5. The lowest BCUT2D eigenvalue weighted by Gasteiger charge is -2.34. The highest BCUT2D eigenvalue weighted by molar-refractivity contribution is 9.10. The van der Waals surface area contributed by atoms with Crippen molar-refractivity contribution in [2.45, 2.75) is 19.3 Å². The molecule has 0 radical (unpaired) electrons. The van der Waals surface area contributed by atoms with Gasteiger partial charge in [-0.1, -0.05) is 53.2 Å². The molecule has 1 aliphatic rings. The van der Waals surface area contributed by atoms with Gasteiger partial charge in [-0.05, 0) is 24.6 Å². The predicted molar refractivity (Wildman–Crippen MR) is 103 cm³/mol. The zero-order valence-electron chi connectivity index (χ0n) is 15.0. The maximum absolute atomic E-state index is 13.2. The van der Waals surface area contributed by atoms with E-state index in [0.717, 1.165) is 4.47 Å². The second-order valence-electron chi connectivity index (χ2n) is 6.37. The third-order valence-electron chi connectivity index (χ3n) is 4.88. The lowest BCUT2D eigenvalue weighted by molar-refractivity contribution is -0.158. The highest BCUT2D eigenvalue weighted by Crippen LogP contribution is 2.45. The molecule has 2 aromatic carbocycles. The fourth-order valence-corrected chi connectivity index (χ4v) is 3.99. The van der Waals surface area contributed by atoms with Gasteiger partial charge in [-0.3, -0.25) is 14.4 Å². The van der Waals surface area contributed by atoms with E-state index in [0.29, 0.717) is 23.3 Å². The summed E-state index contributed by atoms with van der Waals surface area (Å²) < 4.78 is 11.0. The standard InChI is InChI=1S/C21H19BrO5/c1-3-14(19(23)12-7-5-4-6-8-12)17-15-11-13(22)9-10-16(15)27-21(25)18(17)20(24)26-2/h4-11,14,17-18H,3H2,1-2H3/t14-,17-,18+/m0/s1. The zero-order valence-corrected chi connectivity index (χ0v) is 16.6. The Kier molecular flexibility index (Phi) is 5.75. The van der Waals surface area contributed by atoms with E-state index in [2.05, 4.69) is 15.9 Å². The molecule has 0 N–H and O–H groups in total. The molecule has 3 rings (SSSR count). The number of halogens is 1. The largest absolute Gasteiger partial charge is 0.468 e. The summed E-state index contributed by atoms with van der Waals surface area (Å²) in [5.41, 5.74) is 1.19. The van der Waals surface area contributed by atoms with E-state index < -0.39 is 29.7 Å². The van der Waals surface area contributed by atoms with Crippen molar-refractivity contribution < 1.29 is 23.9 Å². The van der Waals surface area contributed by atoms with Crippen LogP contribution in [-0.2, 0) is 14.3 Å². The Balaban J connectivity index is 2.14. The molecule has 0 fully saturated rings. The third kappa shape index (κ3) is 3.67. The van der Waals surface area contributed by atoms with Gasteiger partial charge in [0.2, 0.25) is 0 Å². The third-order valence-corrected chi connectivity index (χ3v) is 5.37. The van der Waals surface area contributed by atoms with Gasteiger partial charge in [0.25, 0.3) is 0 Å². The molecule has 1 heterocycles. The maximum Gasteiger partial charge on any atom is 0.326 e. The number of hydrogen-bond donors (Lipinski definition) is 0. The molecular weight excluding hydrogens is 412 g/mol. The summed E-state index contributed by atoms with van der Waals surface area (Å²) in [6.45, 7) is 1.87. The zero-order chi connectivity index (χ0) is 19.6. The van der Waals surface area contributed by atoms with E-state index in [4.69, 9.17) is 9.47 Å². The number of Topliss-reactive ketones (excluding diaryl/α,β-unsaturated/α-hetero) is 1. The number of carbonyl (C=O) groups is 3. The van der Waals surface area contributed by atoms with Crippen molar-refractivity contribution in [2.24, 2.45) is 11.8 Å². The molecule has 0 amide bonds. The molecule has 0 aliphatic carbocycles. The van der Waals surface area contributed by atoms with Crippen molar-refractivity contribution in [3.05, 3.63) is 64.1 Å². The quantitative estimate of drug-likeness (QED) is 0.308. The molecule has 0 unspecified atom stereocenters. The minimum absolute atomic E-state index is 0.113. The fourth-order valence-electron chi connectivity index (χ4n) is 3.61. The van der Waals surface area contributed by atoms with Crippen LogP contribution < -0.4 is 4.74 Å². The van der Waals surface area contributed by atoms with Crippen LogP contribution in [0.15, 0.2) is 53.0 Å². The molecule has 0 aromatic heterocycles. The van der Waals surface area contributed by atoms with Crippen molar-refractivity contribution in [3.8, 4) is 5.75 Å². The molecule has 0 spiro atoms. The summed E-state index contributed by atoms with van der Waals surface area (Å²) in [5, 5.41) is 0. The lowest BCUT2D eigenvalue weighted by atomic mass is 9.71. The molecule has 0 saturated carbocycles. The average Bonchev–Trinajstić information content (AvgIpc) is 2.69. The molecule has 6 heteroatoms. The SMILES string of the molecule is CC[C@H](C(=O)c1ccccc1)[C@H]1c2cc(Br)ccc2OC(=O)[C@H]1C(=O)OC. The Morgan fingerprint density at radius 3 is 2.52 bits per heavy atom. The van der Waals surface area contributed by atoms with Crippen LogP contribution in [0, 0.1) is 11.8 Å². The van der Waals surface area contributed by atoms with Gasteiger partial charge in [-0.2, -0.15) is 0 Å². The number of hydrogen-bond acceptors (Lipinski definition) is 5. The van der Waals surface area contributed by atoms with Gasteiger partial charge in [0, 0.05) is 27.4 Å². The van der Waals surface area contributed by atoms with E-state index in [-0.39, 0.29) is 5.78 Å². The number of ketones is 1. The van der Waals surface area contributed by atoms with Gasteiger partial charge in [-0.15, -0.1) is 0 Å². The molecule has 0 bridgehead atoms. The first kappa shape index (κ1) is 19.3. The van der Waals surface area contributed by atoms with Crippen molar-refractivity contribution in [3.63, 3.8) is 0 Å². The van der Waals surface area contributed by atoms with Crippen molar-refractivity contribution in [1.82, 2.24) is 0 Å². The van der Waals surface area contributed by atoms with Gasteiger partial charge >= 0.3 is 11.9 Å². The van der Waals surface area contributed by atoms with Crippen molar-refractivity contribution >= 4 is 33.7 Å². The summed E-state index contributed by atoms with van der Waals surface area (Å²) in [5.74, 6) is -3.56. The first-order chi connectivity index (χ1) is 13.0. The molecule has 3 atom stereocenters. The summed E-state index contributed by atoms with van der Waals surface area (Å²) in [4.78, 5) is 38.2. The van der Waals surface area contributed by atoms with Gasteiger partial charge in [0.1, 0.15) is 5.75 Å². The second kappa shape index (κ2) is 8.05. The molecule has 0 saturated heterocycles. The summed E-state index contributed by atoms with van der Waals surface area (Å²) in [6.07, 6.45) is 0.463. The Hall–Kier alpha value is -2.47. The van der Waals surface area contributed by atoms with Gasteiger partial charge in [-0.25, -0.2) is 0 Å². The number of benzene rings is 2. The highest BCUT2D eigenvalue weighted by Gasteiger charge is 2.48. The molecular formula is C21H19BrO5. The van der Waals surface area contributed by atoms with Gasteiger partial charge in [0.15, 0.2) is 11.7 Å². The minimum atomic E-state index is -1.19. The number of fused-ring (bicyclic) bond motifs is 1. The second-order valence-corrected chi connectivity index (χ2v) is 7.29. The number of esters is 2. The van der Waals surface area contributed by atoms with Crippen LogP contribution in [0.5, 0.6) is 5.75 Å². The van der Waals surface area contributed by atoms with Crippen LogP contribution in [0.4, 0.5) is 0 Å². The molecule has 27 heavy (non-hydrogen) atoms. The van der Waals surface area contributed by atoms with Gasteiger partial charge < -0.3 is 9.47 Å². The molecule has 5 nitrogen and oxygen atoms in total. The first-order valence-electron chi connectivity index (χ1n) is 8.66. The Labute approximate surface area is 165 Å². The van der Waals surface area contributed by atoms with E-state index in [1.165, 1.54) is 7.11 Å². The monoisotopic (exact) mass is 430 g/mol. The van der Waals surface area contributed by atoms with Crippen LogP contribution in [0.3, 0.4) is 0 Å². The van der Waals surface area contributed by atoms with Crippen molar-refractivity contribution in [2.75, 3.05) is 7.11 Å². The van der Waals surface area contributed by atoms with Crippen LogP contribution >= 0.6 is 15.9 Å². The van der Waals surface area contributed by atoms with E-state index in [9.17, 15) is 14.4 Å². The van der Waals surface area contributed by atoms with Crippen molar-refractivity contribution in [1.29, 1.82) is 0 Å². The van der Waals surface area contributed by atoms with Gasteiger partial charge in [0.05, 0.1) is 7.11 Å². The number of carbonyl (C=O) groups excluding carboxylic acids is 3. The number of ether oxygens (including phenoxy) is 2. The Bertz CT molecular complexity index is 877. The minimum Gasteiger partial charge on any atom is -0.468 e. The van der Waals surface area contributed by atoms with Crippen LogP contribution in [-0.4, -0.2) is 24.8 Å². The highest BCUT2D eigenvalue weighted by atomic mass is 79.9. The topological polar surface area (TPSA) is 69.7 Å². The Morgan fingerprint density at radius 1 is 1.19 bits per heavy atom. The van der Waals surface area contributed by atoms with E-state index in [1.807, 2.05) is 13.0 Å². The normalized spacial score (nSPS) is 19.6. The number of methoxy groups -OCH3 is 1. The molecule has 140 valence electrons. The van der Waals surface area contributed by atoms with Crippen LogP contribution in [0.1, 0.15) is 35.2 Å². The molecule has 1 aliphatic heterocycles. The average molecular weight is 431 g/mol. The van der Waals surface area contributed by atoms with E-state index in [1.54, 1.807) is 42.5 Å². The summed E-state index contributed by atoms with van der Waals surface area (Å²) >= 11 is 3.42. The van der Waals surface area contributed by atoms with E-state index >= 15 is 0 Å². The van der Waals surface area contributed by atoms with Crippen LogP contribution in [0.2, 0.25) is 0 Å². The predicted octanol–water partition coefficient (Wildman–Crippen LogP) is 4.15. The summed E-state index contributed by atoms with van der Waals surface area (Å²) in [6, 6.07) is 14.1.